The molecule has 2 aromatic heterocycles. The predicted octanol–water partition coefficient (Wildman–Crippen LogP) is -4.00. The fourth-order valence-electron chi connectivity index (χ4n) is 9.35. The number of benzene rings is 8. The molecule has 0 fully saturated rings. The Bertz CT molecular complexity index is 3680. The van der Waals surface area contributed by atoms with E-state index in [2.05, 4.69) is 0 Å². The van der Waals surface area contributed by atoms with Crippen LogP contribution in [0.5, 0.6) is 0 Å². The van der Waals surface area contributed by atoms with E-state index in [1.54, 1.807) is 30.3 Å². The first-order chi connectivity index (χ1) is 30.6. The Morgan fingerprint density at radius 2 is 0.641 bits per heavy atom. The second-order valence-electron chi connectivity index (χ2n) is 16.1. The van der Waals surface area contributed by atoms with Crippen LogP contribution in [-0.2, 0) is 0 Å². The van der Waals surface area contributed by atoms with Crippen molar-refractivity contribution < 1.29 is 0 Å². The fraction of sp³-hybridized carbons (Fsp3) is 0. The van der Waals surface area contributed by atoms with Gasteiger partial charge in [-0.2, -0.15) is 0 Å². The number of rotatable bonds is 5. The van der Waals surface area contributed by atoms with E-state index >= 15 is 0 Å². The van der Waals surface area contributed by atoms with Gasteiger partial charge in [-0.15, -0.1) is 10.9 Å². The second kappa shape index (κ2) is 15.5. The van der Waals surface area contributed by atoms with Crippen molar-refractivity contribution in [2.45, 2.75) is 0 Å². The lowest BCUT2D eigenvalue weighted by Gasteiger charge is -2.20. The first kappa shape index (κ1) is 42.2. The third-order valence-corrected chi connectivity index (χ3v) is 12.3. The Balaban J connectivity index is 1.28. The molecule has 2 nitrogen and oxygen atoms in total. The normalized spacial score (nSPS) is 11.7. The zero-order chi connectivity index (χ0) is 45.2. The van der Waals surface area contributed by atoms with Gasteiger partial charge < -0.3 is 9.13 Å². The zero-order valence-corrected chi connectivity index (χ0v) is 34.4. The van der Waals surface area contributed by atoms with E-state index in [1.807, 2.05) is 88.0 Å². The largest absolute Gasteiger partial charge is 0.311 e. The lowest BCUT2D eigenvalue weighted by molar-refractivity contribution is 1.20. The van der Waals surface area contributed by atoms with E-state index in [-0.39, 0.29) is 38.2 Å². The van der Waals surface area contributed by atoms with Crippen molar-refractivity contribution in [3.05, 3.63) is 109 Å². The number of aromatic nitrogens is 2. The predicted molar refractivity (Wildman–Crippen MR) is 287 cm³/mol. The van der Waals surface area contributed by atoms with Gasteiger partial charge >= 0.3 is 0 Å². The third kappa shape index (κ3) is 6.22. The summed E-state index contributed by atoms with van der Waals surface area (Å²) in [5.41, 5.74) is 11.9. The van der Waals surface area contributed by atoms with Gasteiger partial charge in [0.15, 0.2) is 0 Å². The van der Waals surface area contributed by atoms with Crippen molar-refractivity contribution in [3.8, 4) is 44.8 Å². The minimum Gasteiger partial charge on any atom is -0.311 e. The quantitative estimate of drug-likeness (QED) is 0.158. The molecule has 8 aromatic carbocycles. The Hall–Kier alpha value is -5.73. The summed E-state index contributed by atoms with van der Waals surface area (Å²) in [5, 5.41) is 1.87. The van der Waals surface area contributed by atoms with Crippen LogP contribution >= 0.6 is 0 Å². The summed E-state index contributed by atoms with van der Waals surface area (Å²) in [7, 11) is 95.6. The summed E-state index contributed by atoms with van der Waals surface area (Å²) in [5.74, 6) is 0. The molecule has 0 aliphatic heterocycles. The van der Waals surface area contributed by atoms with Gasteiger partial charge in [0.25, 0.3) is 0 Å². The smallest absolute Gasteiger partial charge is 0.116 e. The Kier molecular flexibility index (Phi) is 10.2. The van der Waals surface area contributed by atoms with E-state index in [0.29, 0.717) is 104 Å². The summed E-state index contributed by atoms with van der Waals surface area (Å²) in [6.07, 6.45) is 0. The van der Waals surface area contributed by atoms with E-state index in [1.165, 1.54) is 0 Å². The highest BCUT2D eigenvalue weighted by atomic mass is 15.0. The molecule has 0 atom stereocenters. The minimum absolute atomic E-state index is 0.238. The monoisotopic (exact) mass is 776 g/mol. The first-order valence-electron chi connectivity index (χ1n) is 20.1. The molecule has 0 aliphatic carbocycles. The van der Waals surface area contributed by atoms with Crippen LogP contribution in [0.4, 0.5) is 0 Å². The van der Waals surface area contributed by atoms with Crippen LogP contribution in [0.25, 0.3) is 88.4 Å². The van der Waals surface area contributed by atoms with Crippen molar-refractivity contribution >= 4 is 230 Å². The Labute approximate surface area is 390 Å². The molecule has 0 spiro atoms. The Morgan fingerprint density at radius 3 is 1.09 bits per heavy atom. The highest BCUT2D eigenvalue weighted by Crippen LogP contribution is 2.34. The zero-order valence-electron chi connectivity index (χ0n) is 34.4. The maximum atomic E-state index is 7.32. The van der Waals surface area contributed by atoms with E-state index in [0.717, 1.165) is 22.3 Å². The molecule has 262 valence electrons. The van der Waals surface area contributed by atoms with Crippen LogP contribution in [0.3, 0.4) is 0 Å². The molecule has 64 heavy (non-hydrogen) atoms. The van der Waals surface area contributed by atoms with Gasteiger partial charge in [0.05, 0.1) is 0 Å². The van der Waals surface area contributed by atoms with Crippen LogP contribution in [0.2, 0.25) is 0 Å². The summed E-state index contributed by atoms with van der Waals surface area (Å²) in [6.45, 7) is 0. The average Bonchev–Trinajstić information content (AvgIpc) is 3.82. The molecule has 10 rings (SSSR count). The molecular formula is C48H18B14N2. The second-order valence-corrected chi connectivity index (χ2v) is 16.1. The maximum Gasteiger partial charge on any atom is 0.116 e. The van der Waals surface area contributed by atoms with Crippen LogP contribution < -0.4 is 76.5 Å². The summed E-state index contributed by atoms with van der Waals surface area (Å²) < 4.78 is 3.70. The highest BCUT2D eigenvalue weighted by molar-refractivity contribution is 6.63. The molecule has 0 unspecified atom stereocenters. The molecule has 0 bridgehead atoms. The lowest BCUT2D eigenvalue weighted by atomic mass is 9.70. The Morgan fingerprint density at radius 1 is 0.250 bits per heavy atom. The van der Waals surface area contributed by atoms with Gasteiger partial charge in [0, 0.05) is 44.2 Å². The van der Waals surface area contributed by atoms with Crippen molar-refractivity contribution in [2.75, 3.05) is 0 Å². The SMILES string of the molecule is [B]c1ccccc1-c1ccc(-n2c3c([B])cc([B])c([B])c3c3c([B])c(-c4cc([B])c5c(c4[B])c4c([B])c([B])cc([B])c4n5-c4cc(-c5ccccc5[B])ccc4[B])cc([B])c32)c([B])c1. The topological polar surface area (TPSA) is 9.86 Å². The molecule has 0 saturated carbocycles. The van der Waals surface area contributed by atoms with Crippen LogP contribution in [0, 0.1) is 0 Å². The average molecular weight is 774 g/mol. The molecule has 0 aliphatic rings. The number of nitrogens with zero attached hydrogens (tertiary/aromatic N) is 2. The van der Waals surface area contributed by atoms with Crippen molar-refractivity contribution in [1.29, 1.82) is 0 Å². The van der Waals surface area contributed by atoms with Crippen LogP contribution in [0.1, 0.15) is 0 Å². The van der Waals surface area contributed by atoms with Crippen molar-refractivity contribution in [1.82, 2.24) is 9.13 Å². The van der Waals surface area contributed by atoms with Crippen molar-refractivity contribution in [3.63, 3.8) is 0 Å². The fourth-order valence-corrected chi connectivity index (χ4v) is 9.35. The first-order valence-corrected chi connectivity index (χ1v) is 20.1. The van der Waals surface area contributed by atoms with Crippen molar-refractivity contribution in [2.24, 2.45) is 0 Å². The molecule has 28 radical (unpaired) electrons. The van der Waals surface area contributed by atoms with Crippen LogP contribution in [0.15, 0.2) is 109 Å². The molecule has 0 amide bonds. The van der Waals surface area contributed by atoms with Gasteiger partial charge in [-0.1, -0.05) is 163 Å². The number of hydrogen-bond donors (Lipinski definition) is 0. The standard InChI is InChI=1S/C48H18B14N2/c49-25-7-3-1-5-21(25)19-10-12-35(28(52)13-19)63-45-31(55)15-23(41(59)37(45)39-43(61)29(53)17-33(57)47(39)63)24-16-32(56)46-38(42(24)60)40-44(62)30(54)18-34(58)48(40)64(46)36-14-20(9-11-27(36)51)22-6-2-4-8-26(22)50/h1-18H. The number of hydrogen-bond acceptors (Lipinski definition) is 0. The van der Waals surface area contributed by atoms with Gasteiger partial charge in [-0.05, 0) is 56.3 Å². The number of fused-ring (bicyclic) bond motifs is 6. The molecular weight excluding hydrogens is 756 g/mol. The molecule has 0 saturated heterocycles. The lowest BCUT2D eigenvalue weighted by Crippen LogP contribution is -2.32. The maximum absolute atomic E-state index is 7.32. The van der Waals surface area contributed by atoms with Gasteiger partial charge in [-0.3, -0.25) is 0 Å². The van der Waals surface area contributed by atoms with Gasteiger partial charge in [0.2, 0.25) is 0 Å². The molecule has 16 heteroatoms. The van der Waals surface area contributed by atoms with E-state index in [4.69, 9.17) is 110 Å². The van der Waals surface area contributed by atoms with Gasteiger partial charge in [0.1, 0.15) is 110 Å². The highest BCUT2D eigenvalue weighted by Gasteiger charge is 2.26. The summed E-state index contributed by atoms with van der Waals surface area (Å²) in [6, 6.07) is 32.9. The van der Waals surface area contributed by atoms with E-state index in [9.17, 15) is 0 Å². The summed E-state index contributed by atoms with van der Waals surface area (Å²) in [4.78, 5) is 0. The van der Waals surface area contributed by atoms with Crippen LogP contribution in [-0.4, -0.2) is 119 Å². The van der Waals surface area contributed by atoms with E-state index < -0.39 is 0 Å². The molecule has 10 aromatic rings. The molecule has 2 heterocycles. The summed E-state index contributed by atoms with van der Waals surface area (Å²) >= 11 is 0. The third-order valence-electron chi connectivity index (χ3n) is 12.3. The minimum atomic E-state index is 0.238. The molecule has 0 N–H and O–H groups in total. The van der Waals surface area contributed by atoms with Gasteiger partial charge in [-0.25, -0.2) is 0 Å².